The van der Waals surface area contributed by atoms with Gasteiger partial charge in [0.25, 0.3) is 0 Å². The summed E-state index contributed by atoms with van der Waals surface area (Å²) in [6.07, 6.45) is 8.50. The molecular formula is C62H51N4O2S2-. The highest BCUT2D eigenvalue weighted by Crippen LogP contribution is 2.52. The van der Waals surface area contributed by atoms with Gasteiger partial charge in [-0.15, -0.1) is 39.0 Å². The van der Waals surface area contributed by atoms with Gasteiger partial charge >= 0.3 is 0 Å². The zero-order chi connectivity index (χ0) is 47.9. The summed E-state index contributed by atoms with van der Waals surface area (Å²) in [7, 11) is 0. The van der Waals surface area contributed by atoms with Gasteiger partial charge in [0.05, 0.1) is 26.9 Å². The summed E-state index contributed by atoms with van der Waals surface area (Å²) in [6, 6.07) is 53.8. The van der Waals surface area contributed by atoms with Crippen molar-refractivity contribution in [2.24, 2.45) is 20.5 Å². The predicted molar refractivity (Wildman–Crippen MR) is 294 cm³/mol. The lowest BCUT2D eigenvalue weighted by atomic mass is 9.63. The third-order valence-corrected chi connectivity index (χ3v) is 15.7. The second-order valence-electron chi connectivity index (χ2n) is 18.1. The lowest BCUT2D eigenvalue weighted by molar-refractivity contribution is -0.462. The number of allylic oxidation sites excluding steroid dienone is 2. The quantitative estimate of drug-likeness (QED) is 0.124. The van der Waals surface area contributed by atoms with Crippen molar-refractivity contribution in [2.75, 3.05) is 0 Å². The molecule has 1 fully saturated rings. The normalized spacial score (nSPS) is 17.5. The van der Waals surface area contributed by atoms with E-state index in [1.165, 1.54) is 9.75 Å². The van der Waals surface area contributed by atoms with Gasteiger partial charge in [-0.1, -0.05) is 159 Å². The summed E-state index contributed by atoms with van der Waals surface area (Å²) in [6.45, 7) is 8.54. The summed E-state index contributed by atoms with van der Waals surface area (Å²) in [4.78, 5) is 2.37. The topological polar surface area (TPSA) is 92.7 Å². The summed E-state index contributed by atoms with van der Waals surface area (Å²) in [5.41, 5.74) is 11.5. The molecule has 1 saturated carbocycles. The second-order valence-corrected chi connectivity index (χ2v) is 20.6. The molecule has 0 spiro atoms. The molecule has 0 saturated heterocycles. The standard InChI is InChI=1S/C62H51N4O2S2/c1-5-7-19-39-35-41(29-31-45(39)55-47-25-15-17-27-49(47)57(61-51(55)33-37(3)69-61)65-63-43-21-11-9-12-22-43)53-59(67)54(60(53)68)42-30-32-46(40(36-42)20-8-6-2)56-48-26-16-18-28-50(48)58(62-52(56)34-38(4)70-62)66-64-44-23-13-10-14-24-44/h7-36,53-54,59-60,67H,5-6H2,1-4H3/q-1/b19-7+,20-8+,65-63?,66-64?. The lowest BCUT2D eigenvalue weighted by Crippen LogP contribution is -2.58. The van der Waals surface area contributed by atoms with Crippen LogP contribution in [0, 0.1) is 13.8 Å². The van der Waals surface area contributed by atoms with Gasteiger partial charge < -0.3 is 10.2 Å². The fraction of sp³-hybridized carbons (Fsp3) is 0.161. The van der Waals surface area contributed by atoms with Crippen LogP contribution < -0.4 is 5.11 Å². The molecule has 11 rings (SSSR count). The van der Waals surface area contributed by atoms with E-state index in [9.17, 15) is 10.2 Å². The van der Waals surface area contributed by atoms with Crippen LogP contribution in [0.25, 0.3) is 76.1 Å². The van der Waals surface area contributed by atoms with Crippen molar-refractivity contribution < 1.29 is 10.2 Å². The molecule has 344 valence electrons. The van der Waals surface area contributed by atoms with Gasteiger partial charge in [-0.25, -0.2) is 0 Å². The Morgan fingerprint density at radius 2 is 0.886 bits per heavy atom. The van der Waals surface area contributed by atoms with E-state index in [0.29, 0.717) is 0 Å². The molecule has 1 aliphatic carbocycles. The number of aliphatic hydroxyl groups excluding tert-OH is 1. The van der Waals surface area contributed by atoms with Crippen molar-refractivity contribution in [3.8, 4) is 22.3 Å². The van der Waals surface area contributed by atoms with Crippen LogP contribution in [0.4, 0.5) is 22.7 Å². The first-order chi connectivity index (χ1) is 34.3. The Balaban J connectivity index is 0.968. The van der Waals surface area contributed by atoms with Crippen molar-refractivity contribution in [2.45, 2.75) is 64.6 Å². The van der Waals surface area contributed by atoms with Crippen LogP contribution >= 0.6 is 22.7 Å². The van der Waals surface area contributed by atoms with Crippen LogP contribution in [0.5, 0.6) is 0 Å². The van der Waals surface area contributed by atoms with E-state index in [4.69, 9.17) is 10.2 Å². The molecule has 6 nitrogen and oxygen atoms in total. The molecule has 70 heavy (non-hydrogen) atoms. The molecule has 2 aromatic heterocycles. The van der Waals surface area contributed by atoms with E-state index in [1.807, 2.05) is 60.7 Å². The molecule has 0 radical (unpaired) electrons. The number of azo groups is 2. The molecule has 0 bridgehead atoms. The molecule has 8 aromatic carbocycles. The van der Waals surface area contributed by atoms with Gasteiger partial charge in [0.2, 0.25) is 0 Å². The monoisotopic (exact) mass is 947 g/mol. The number of thiophene rings is 2. The Bertz CT molecular complexity index is 3470. The van der Waals surface area contributed by atoms with Gasteiger partial charge in [0, 0.05) is 31.3 Å². The third kappa shape index (κ3) is 8.20. The number of hydrogen-bond donors (Lipinski definition) is 1. The predicted octanol–water partition coefficient (Wildman–Crippen LogP) is 18.0. The Morgan fingerprint density at radius 3 is 1.29 bits per heavy atom. The zero-order valence-electron chi connectivity index (χ0n) is 39.5. The molecule has 2 unspecified atom stereocenters. The number of aryl methyl sites for hydroxylation is 2. The number of hydrogen-bond acceptors (Lipinski definition) is 8. The van der Waals surface area contributed by atoms with E-state index in [0.717, 1.165) is 122 Å². The highest BCUT2D eigenvalue weighted by molar-refractivity contribution is 7.20. The molecule has 2 heterocycles. The van der Waals surface area contributed by atoms with E-state index < -0.39 is 24.0 Å². The SMILES string of the molecule is CC/C=C/c1cc(C2C([O-])C(c3ccc(-c4c5ccccc5c(N=Nc5ccccc5)c5sc(C)cc45)c(/C=C/CC)c3)C2O)ccc1-c1c2ccccc2c(N=Nc2ccccc2)c2sc(C)cc12. The summed E-state index contributed by atoms with van der Waals surface area (Å²) < 4.78 is 2.17. The van der Waals surface area contributed by atoms with Gasteiger partial charge in [0.15, 0.2) is 0 Å². The van der Waals surface area contributed by atoms with Gasteiger partial charge in [-0.3, -0.25) is 0 Å². The maximum Gasteiger partial charge on any atom is 0.111 e. The second kappa shape index (κ2) is 19.3. The van der Waals surface area contributed by atoms with Crippen LogP contribution in [-0.4, -0.2) is 17.3 Å². The van der Waals surface area contributed by atoms with Crippen molar-refractivity contribution in [3.05, 3.63) is 202 Å². The molecule has 8 heteroatoms. The molecule has 1 aliphatic rings. The van der Waals surface area contributed by atoms with Crippen LogP contribution in [0.3, 0.4) is 0 Å². The summed E-state index contributed by atoms with van der Waals surface area (Å²) in [5, 5.41) is 52.5. The smallest absolute Gasteiger partial charge is 0.111 e. The molecule has 10 aromatic rings. The molecule has 0 aliphatic heterocycles. The average molecular weight is 948 g/mol. The molecule has 1 N–H and O–H groups in total. The van der Waals surface area contributed by atoms with Crippen LogP contribution in [0.15, 0.2) is 190 Å². The number of fused-ring (bicyclic) bond motifs is 4. The maximum atomic E-state index is 14.7. The van der Waals surface area contributed by atoms with Crippen molar-refractivity contribution in [1.29, 1.82) is 0 Å². The first-order valence-corrected chi connectivity index (χ1v) is 25.7. The number of rotatable bonds is 12. The number of nitrogens with zero attached hydrogens (tertiary/aromatic N) is 4. The number of aliphatic hydroxyl groups is 1. The van der Waals surface area contributed by atoms with Crippen LogP contribution in [-0.2, 0) is 0 Å². The molecule has 2 atom stereocenters. The first-order valence-electron chi connectivity index (χ1n) is 24.1. The highest BCUT2D eigenvalue weighted by atomic mass is 32.1. The lowest BCUT2D eigenvalue weighted by Gasteiger charge is -2.55. The van der Waals surface area contributed by atoms with E-state index >= 15 is 0 Å². The van der Waals surface area contributed by atoms with Gasteiger partial charge in [-0.2, -0.15) is 10.2 Å². The van der Waals surface area contributed by atoms with Crippen molar-refractivity contribution >= 4 is 99.3 Å². The number of benzene rings is 8. The molecule has 0 amide bonds. The van der Waals surface area contributed by atoms with Crippen molar-refractivity contribution in [3.63, 3.8) is 0 Å². The van der Waals surface area contributed by atoms with E-state index in [1.54, 1.807) is 22.7 Å². The minimum absolute atomic E-state index is 0.571. The van der Waals surface area contributed by atoms with E-state index in [-0.39, 0.29) is 0 Å². The summed E-state index contributed by atoms with van der Waals surface area (Å²) in [5.74, 6) is -1.14. The fourth-order valence-electron chi connectivity index (χ4n) is 10.3. The average Bonchev–Trinajstić information content (AvgIpc) is 3.97. The minimum Gasteiger partial charge on any atom is -0.851 e. The Hall–Kier alpha value is -7.20. The Morgan fingerprint density at radius 1 is 0.486 bits per heavy atom. The zero-order valence-corrected chi connectivity index (χ0v) is 41.1. The van der Waals surface area contributed by atoms with Crippen LogP contribution in [0.2, 0.25) is 0 Å². The van der Waals surface area contributed by atoms with Crippen LogP contribution in [0.1, 0.15) is 70.5 Å². The Kier molecular flexibility index (Phi) is 12.5. The van der Waals surface area contributed by atoms with E-state index in [2.05, 4.69) is 159 Å². The summed E-state index contributed by atoms with van der Waals surface area (Å²) >= 11 is 3.46. The molecular weight excluding hydrogens is 897 g/mol. The van der Waals surface area contributed by atoms with Gasteiger partial charge in [0.1, 0.15) is 11.4 Å². The fourth-order valence-corrected chi connectivity index (χ4v) is 12.4. The highest BCUT2D eigenvalue weighted by Gasteiger charge is 2.45. The van der Waals surface area contributed by atoms with Crippen molar-refractivity contribution in [1.82, 2.24) is 0 Å². The minimum atomic E-state index is -1.04. The third-order valence-electron chi connectivity index (χ3n) is 13.6. The van der Waals surface area contributed by atoms with Gasteiger partial charge in [-0.05, 0) is 130 Å². The first kappa shape index (κ1) is 45.3. The largest absolute Gasteiger partial charge is 0.851 e. The maximum absolute atomic E-state index is 14.7. The Labute approximate surface area is 416 Å².